The molecule has 1 unspecified atom stereocenters. The van der Waals surface area contributed by atoms with Crippen LogP contribution in [0.3, 0.4) is 0 Å². The van der Waals surface area contributed by atoms with Crippen molar-refractivity contribution in [2.45, 2.75) is 19.6 Å². The quantitative estimate of drug-likeness (QED) is 0.535. The molecule has 1 aromatic carbocycles. The van der Waals surface area contributed by atoms with Gasteiger partial charge in [-0.05, 0) is 44.2 Å². The van der Waals surface area contributed by atoms with Gasteiger partial charge in [-0.2, -0.15) is 0 Å². The van der Waals surface area contributed by atoms with E-state index in [0.717, 1.165) is 5.56 Å². The van der Waals surface area contributed by atoms with Gasteiger partial charge in [-0.15, -0.1) is 0 Å². The first-order valence-corrected chi connectivity index (χ1v) is 9.30. The average Bonchev–Trinajstić information content (AvgIpc) is 3.01. The van der Waals surface area contributed by atoms with Crippen LogP contribution in [-0.2, 0) is 21.3 Å². The van der Waals surface area contributed by atoms with Gasteiger partial charge in [0.1, 0.15) is 5.76 Å². The van der Waals surface area contributed by atoms with Crippen molar-refractivity contribution in [3.8, 4) is 11.5 Å². The molecule has 2 rings (SSSR count). The molecule has 1 heterocycles. The average molecular weight is 371 g/mol. The molecule has 0 N–H and O–H groups in total. The Bertz CT molecular complexity index is 876. The lowest BCUT2D eigenvalue weighted by Gasteiger charge is -2.01. The summed E-state index contributed by atoms with van der Waals surface area (Å²) in [5.74, 6) is 0.885. The van der Waals surface area contributed by atoms with E-state index in [-0.39, 0.29) is 5.75 Å². The molecule has 0 saturated heterocycles. The molecule has 0 aliphatic rings. The van der Waals surface area contributed by atoms with Gasteiger partial charge in [-0.25, -0.2) is 9.78 Å². The van der Waals surface area contributed by atoms with E-state index in [1.807, 2.05) is 13.0 Å². The number of hydrogen-bond donors (Lipinski definition) is 0. The number of oxazole rings is 1. The van der Waals surface area contributed by atoms with Crippen LogP contribution in [0.15, 0.2) is 64.5 Å². The molecule has 0 bridgehead atoms. The monoisotopic (exact) mass is 371 g/mol. The Morgan fingerprint density at radius 1 is 1.35 bits per heavy atom. The molecule has 0 radical (unpaired) electrons. The highest BCUT2D eigenvalue weighted by Crippen LogP contribution is 2.24. The fraction of sp³-hybridized carbons (Fsp3) is 0.200. The Balaban J connectivity index is 2.23. The first kappa shape index (κ1) is 19.6. The summed E-state index contributed by atoms with van der Waals surface area (Å²) in [5.41, 5.74) is 1.81. The van der Waals surface area contributed by atoms with Crippen LogP contribution in [0.2, 0.25) is 0 Å². The van der Waals surface area contributed by atoms with E-state index in [0.29, 0.717) is 27.8 Å². The second-order valence-electron chi connectivity index (χ2n) is 5.39. The van der Waals surface area contributed by atoms with Gasteiger partial charge in [0.05, 0.1) is 34.9 Å². The number of rotatable bonds is 7. The van der Waals surface area contributed by atoms with Crippen molar-refractivity contribution in [1.29, 1.82) is 0 Å². The molecule has 2 aromatic rings. The van der Waals surface area contributed by atoms with E-state index in [1.54, 1.807) is 49.4 Å². The van der Waals surface area contributed by atoms with E-state index < -0.39 is 16.8 Å². The van der Waals surface area contributed by atoms with E-state index >= 15 is 0 Å². The van der Waals surface area contributed by atoms with Crippen molar-refractivity contribution in [3.05, 3.63) is 77.1 Å². The van der Waals surface area contributed by atoms with E-state index in [1.165, 1.54) is 7.11 Å². The SMILES string of the molecule is C=C/C=C(\C=C/C)S(=O)Cc1nc(-c2ccc(C(=O)OC)cc2)oc1C. The van der Waals surface area contributed by atoms with Crippen LogP contribution in [-0.4, -0.2) is 22.3 Å². The Labute approximate surface area is 155 Å². The number of aromatic nitrogens is 1. The number of methoxy groups -OCH3 is 1. The molecule has 5 nitrogen and oxygen atoms in total. The lowest BCUT2D eigenvalue weighted by Crippen LogP contribution is -2.00. The van der Waals surface area contributed by atoms with Gasteiger partial charge in [0.2, 0.25) is 5.89 Å². The molecule has 0 amide bonds. The Morgan fingerprint density at radius 2 is 2.04 bits per heavy atom. The fourth-order valence-electron chi connectivity index (χ4n) is 2.25. The van der Waals surface area contributed by atoms with Crippen molar-refractivity contribution < 1.29 is 18.2 Å². The molecule has 6 heteroatoms. The predicted octanol–water partition coefficient (Wildman–Crippen LogP) is 4.33. The number of carbonyl (C=O) groups excluding carboxylic acids is 1. The highest BCUT2D eigenvalue weighted by atomic mass is 32.2. The molecular weight excluding hydrogens is 350 g/mol. The molecule has 26 heavy (non-hydrogen) atoms. The molecule has 0 aliphatic heterocycles. The summed E-state index contributed by atoms with van der Waals surface area (Å²) < 4.78 is 22.9. The molecule has 136 valence electrons. The topological polar surface area (TPSA) is 69.4 Å². The Kier molecular flexibility index (Phi) is 6.86. The van der Waals surface area contributed by atoms with Crippen LogP contribution in [0.5, 0.6) is 0 Å². The summed E-state index contributed by atoms with van der Waals surface area (Å²) in [4.78, 5) is 16.6. The standard InChI is InChI=1S/C20H21NO4S/c1-5-7-17(8-6-2)26(23)13-18-14(3)25-19(21-18)15-9-11-16(12-10-15)20(22)24-4/h5-12H,1,13H2,2-4H3/b8-6-,17-7+. The van der Waals surface area contributed by atoms with Crippen LogP contribution >= 0.6 is 0 Å². The minimum atomic E-state index is -1.25. The van der Waals surface area contributed by atoms with Crippen LogP contribution < -0.4 is 0 Å². The minimum absolute atomic E-state index is 0.250. The Hall–Kier alpha value is -2.73. The number of esters is 1. The number of hydrogen-bond acceptors (Lipinski definition) is 5. The summed E-state index contributed by atoms with van der Waals surface area (Å²) in [6.45, 7) is 7.30. The van der Waals surface area contributed by atoms with Gasteiger partial charge >= 0.3 is 5.97 Å². The number of carbonyl (C=O) groups is 1. The number of ether oxygens (including phenoxy) is 1. The highest BCUT2D eigenvalue weighted by molar-refractivity contribution is 7.88. The summed E-state index contributed by atoms with van der Waals surface area (Å²) in [5, 5.41) is 0. The molecular formula is C20H21NO4S. The fourth-order valence-corrected chi connectivity index (χ4v) is 3.47. The number of nitrogens with zero attached hydrogens (tertiary/aromatic N) is 1. The zero-order chi connectivity index (χ0) is 19.1. The molecule has 1 atom stereocenters. The van der Waals surface area contributed by atoms with Crippen molar-refractivity contribution >= 4 is 16.8 Å². The van der Waals surface area contributed by atoms with Gasteiger partial charge in [0, 0.05) is 10.5 Å². The molecule has 0 aliphatic carbocycles. The largest absolute Gasteiger partial charge is 0.465 e. The van der Waals surface area contributed by atoms with E-state index in [4.69, 9.17) is 4.42 Å². The molecule has 1 aromatic heterocycles. The zero-order valence-electron chi connectivity index (χ0n) is 15.0. The summed E-state index contributed by atoms with van der Waals surface area (Å²) in [7, 11) is 0.0826. The third kappa shape index (κ3) is 4.67. The normalized spacial score (nSPS) is 13.0. The Morgan fingerprint density at radius 3 is 2.62 bits per heavy atom. The number of allylic oxidation sites excluding steroid dienone is 4. The van der Waals surface area contributed by atoms with Gasteiger partial charge < -0.3 is 9.15 Å². The van der Waals surface area contributed by atoms with Crippen LogP contribution in [0, 0.1) is 6.92 Å². The van der Waals surface area contributed by atoms with Crippen molar-refractivity contribution in [2.75, 3.05) is 7.11 Å². The third-order valence-corrected chi connectivity index (χ3v) is 4.92. The smallest absolute Gasteiger partial charge is 0.337 e. The van der Waals surface area contributed by atoms with Gasteiger partial charge in [-0.1, -0.05) is 24.8 Å². The second kappa shape index (κ2) is 9.10. The maximum Gasteiger partial charge on any atom is 0.337 e. The lowest BCUT2D eigenvalue weighted by atomic mass is 10.1. The molecule has 0 saturated carbocycles. The third-order valence-electron chi connectivity index (χ3n) is 3.59. The van der Waals surface area contributed by atoms with E-state index in [9.17, 15) is 9.00 Å². The summed E-state index contributed by atoms with van der Waals surface area (Å²) in [6, 6.07) is 6.77. The summed E-state index contributed by atoms with van der Waals surface area (Å²) >= 11 is 0. The molecule has 0 spiro atoms. The van der Waals surface area contributed by atoms with Crippen molar-refractivity contribution in [2.24, 2.45) is 0 Å². The zero-order valence-corrected chi connectivity index (χ0v) is 15.8. The van der Waals surface area contributed by atoms with Crippen LogP contribution in [0.4, 0.5) is 0 Å². The maximum absolute atomic E-state index is 12.6. The lowest BCUT2D eigenvalue weighted by molar-refractivity contribution is 0.0600. The first-order valence-electron chi connectivity index (χ1n) is 7.99. The minimum Gasteiger partial charge on any atom is -0.465 e. The van der Waals surface area contributed by atoms with Gasteiger partial charge in [-0.3, -0.25) is 4.21 Å². The van der Waals surface area contributed by atoms with Gasteiger partial charge in [0.15, 0.2) is 0 Å². The van der Waals surface area contributed by atoms with Gasteiger partial charge in [0.25, 0.3) is 0 Å². The highest BCUT2D eigenvalue weighted by Gasteiger charge is 2.16. The maximum atomic E-state index is 12.6. The predicted molar refractivity (Wildman–Crippen MR) is 103 cm³/mol. The van der Waals surface area contributed by atoms with Crippen molar-refractivity contribution in [3.63, 3.8) is 0 Å². The number of benzene rings is 1. The van der Waals surface area contributed by atoms with Crippen LogP contribution in [0.25, 0.3) is 11.5 Å². The van der Waals surface area contributed by atoms with Crippen molar-refractivity contribution in [1.82, 2.24) is 4.98 Å². The summed E-state index contributed by atoms with van der Waals surface area (Å²) in [6.07, 6.45) is 6.95. The van der Waals surface area contributed by atoms with Crippen LogP contribution in [0.1, 0.15) is 28.7 Å². The number of aryl methyl sites for hydroxylation is 1. The van der Waals surface area contributed by atoms with E-state index in [2.05, 4.69) is 16.3 Å². The molecule has 0 fully saturated rings. The second-order valence-corrected chi connectivity index (χ2v) is 6.84. The first-order chi connectivity index (χ1) is 12.5.